The molecule has 2 unspecified atom stereocenters. The molecule has 2 aromatic heterocycles. The maximum atomic E-state index is 5.93. The van der Waals surface area contributed by atoms with Gasteiger partial charge in [-0.25, -0.2) is 9.97 Å². The molecule has 108 valence electrons. The van der Waals surface area contributed by atoms with Gasteiger partial charge in [0, 0.05) is 31.1 Å². The molecule has 0 bridgehead atoms. The summed E-state index contributed by atoms with van der Waals surface area (Å²) in [6.07, 6.45) is 4.39. The number of hydrogen-bond donors (Lipinski definition) is 0. The Morgan fingerprint density at radius 2 is 2.20 bits per heavy atom. The van der Waals surface area contributed by atoms with E-state index in [4.69, 9.17) is 26.3 Å². The molecule has 2 aromatic rings. The summed E-state index contributed by atoms with van der Waals surface area (Å²) in [4.78, 5) is 9.40. The summed E-state index contributed by atoms with van der Waals surface area (Å²) in [7, 11) is 1.79. The van der Waals surface area contributed by atoms with Gasteiger partial charge in [-0.3, -0.25) is 0 Å². The maximum Gasteiger partial charge on any atom is 0.160 e. The van der Waals surface area contributed by atoms with Gasteiger partial charge < -0.3 is 9.30 Å². The normalized spacial score (nSPS) is 22.8. The van der Waals surface area contributed by atoms with E-state index >= 15 is 0 Å². The fourth-order valence-electron chi connectivity index (χ4n) is 3.13. The van der Waals surface area contributed by atoms with Crippen molar-refractivity contribution in [3.63, 3.8) is 0 Å². The molecule has 0 spiro atoms. The van der Waals surface area contributed by atoms with Crippen molar-refractivity contribution < 1.29 is 4.74 Å². The number of aryl methyl sites for hydroxylation is 2. The van der Waals surface area contributed by atoms with Gasteiger partial charge in [0.05, 0.1) is 6.10 Å². The molecule has 1 aliphatic carbocycles. The van der Waals surface area contributed by atoms with Gasteiger partial charge in [0.25, 0.3) is 0 Å². The third-order valence-corrected chi connectivity index (χ3v) is 4.31. The first-order chi connectivity index (χ1) is 9.72. The van der Waals surface area contributed by atoms with Crippen LogP contribution in [0.2, 0.25) is 0 Å². The smallest absolute Gasteiger partial charge is 0.160 e. The van der Waals surface area contributed by atoms with Crippen LogP contribution in [0.15, 0.2) is 12.1 Å². The van der Waals surface area contributed by atoms with Crippen LogP contribution in [0.1, 0.15) is 36.8 Å². The Morgan fingerprint density at radius 3 is 2.90 bits per heavy atom. The molecule has 0 aliphatic heterocycles. The summed E-state index contributed by atoms with van der Waals surface area (Å²) >= 11 is 5.93. The van der Waals surface area contributed by atoms with E-state index in [1.165, 1.54) is 0 Å². The fraction of sp³-hybridized carbons (Fsp3) is 0.600. The van der Waals surface area contributed by atoms with Crippen molar-refractivity contribution >= 4 is 22.8 Å². The lowest BCUT2D eigenvalue weighted by Crippen LogP contribution is -2.13. The van der Waals surface area contributed by atoms with Crippen molar-refractivity contribution in [1.29, 1.82) is 0 Å². The third kappa shape index (κ3) is 2.42. The van der Waals surface area contributed by atoms with Crippen molar-refractivity contribution in [2.24, 2.45) is 0 Å². The van der Waals surface area contributed by atoms with E-state index in [-0.39, 0.29) is 0 Å². The lowest BCUT2D eigenvalue weighted by atomic mass is 10.2. The number of halogens is 1. The molecule has 0 radical (unpaired) electrons. The first-order valence-electron chi connectivity index (χ1n) is 7.16. The molecule has 0 saturated heterocycles. The van der Waals surface area contributed by atoms with Crippen LogP contribution in [-0.2, 0) is 11.2 Å². The number of nitrogens with zero attached hydrogens (tertiary/aromatic N) is 3. The largest absolute Gasteiger partial charge is 0.381 e. The first-order valence-corrected chi connectivity index (χ1v) is 7.69. The molecule has 20 heavy (non-hydrogen) atoms. The van der Waals surface area contributed by atoms with E-state index in [2.05, 4.69) is 10.6 Å². The molecule has 1 fully saturated rings. The Bertz CT molecular complexity index is 610. The highest BCUT2D eigenvalue weighted by Crippen LogP contribution is 2.34. The maximum absolute atomic E-state index is 5.93. The van der Waals surface area contributed by atoms with E-state index in [1.54, 1.807) is 7.11 Å². The number of aromatic nitrogens is 3. The van der Waals surface area contributed by atoms with Crippen LogP contribution in [0.4, 0.5) is 0 Å². The van der Waals surface area contributed by atoms with E-state index in [0.717, 1.165) is 48.4 Å². The second-order valence-corrected chi connectivity index (χ2v) is 5.83. The molecule has 1 aliphatic rings. The predicted octanol–water partition coefficient (Wildman–Crippen LogP) is 3.26. The summed E-state index contributed by atoms with van der Waals surface area (Å²) in [6.45, 7) is 2.02. The van der Waals surface area contributed by atoms with Crippen LogP contribution < -0.4 is 0 Å². The molecule has 5 heteroatoms. The Hall–Kier alpha value is -1.13. The van der Waals surface area contributed by atoms with E-state index < -0.39 is 0 Å². The number of pyridine rings is 1. The van der Waals surface area contributed by atoms with Crippen molar-refractivity contribution in [2.45, 2.75) is 44.8 Å². The van der Waals surface area contributed by atoms with Gasteiger partial charge >= 0.3 is 0 Å². The van der Waals surface area contributed by atoms with Crippen molar-refractivity contribution in [2.75, 3.05) is 13.0 Å². The summed E-state index contributed by atoms with van der Waals surface area (Å²) in [5.41, 5.74) is 2.99. The highest BCUT2D eigenvalue weighted by atomic mass is 35.5. The van der Waals surface area contributed by atoms with Gasteiger partial charge in [-0.15, -0.1) is 11.6 Å². The van der Waals surface area contributed by atoms with E-state index in [9.17, 15) is 0 Å². The summed E-state index contributed by atoms with van der Waals surface area (Å²) in [5, 5.41) is 0. The molecule has 1 saturated carbocycles. The van der Waals surface area contributed by atoms with Crippen LogP contribution in [0.3, 0.4) is 0 Å². The Morgan fingerprint density at radius 1 is 1.35 bits per heavy atom. The third-order valence-electron chi connectivity index (χ3n) is 4.12. The first kappa shape index (κ1) is 13.8. The second kappa shape index (κ2) is 5.70. The van der Waals surface area contributed by atoms with Gasteiger partial charge in [0.1, 0.15) is 11.3 Å². The summed E-state index contributed by atoms with van der Waals surface area (Å²) in [5.74, 6) is 1.64. The van der Waals surface area contributed by atoms with Gasteiger partial charge in [-0.05, 0) is 38.3 Å². The number of methoxy groups -OCH3 is 1. The van der Waals surface area contributed by atoms with Crippen LogP contribution in [0.25, 0.3) is 11.2 Å². The highest BCUT2D eigenvalue weighted by Gasteiger charge is 2.29. The highest BCUT2D eigenvalue weighted by molar-refractivity contribution is 6.17. The van der Waals surface area contributed by atoms with Crippen LogP contribution in [-0.4, -0.2) is 33.6 Å². The molecule has 0 N–H and O–H groups in total. The lowest BCUT2D eigenvalue weighted by Gasteiger charge is -2.16. The molecule has 3 rings (SSSR count). The zero-order chi connectivity index (χ0) is 14.1. The van der Waals surface area contributed by atoms with Crippen molar-refractivity contribution in [3.8, 4) is 0 Å². The minimum absolute atomic E-state index is 0.353. The number of imidazole rings is 1. The number of rotatable bonds is 4. The number of ether oxygens (including phenoxy) is 1. The number of alkyl halides is 1. The van der Waals surface area contributed by atoms with Crippen LogP contribution in [0, 0.1) is 6.92 Å². The number of fused-ring (bicyclic) bond motifs is 1. The molecule has 2 atom stereocenters. The van der Waals surface area contributed by atoms with Crippen molar-refractivity contribution in [3.05, 3.63) is 23.7 Å². The van der Waals surface area contributed by atoms with Gasteiger partial charge in [-0.2, -0.15) is 0 Å². The summed E-state index contributed by atoms with van der Waals surface area (Å²) in [6, 6.07) is 4.49. The molecule has 0 aromatic carbocycles. The minimum Gasteiger partial charge on any atom is -0.381 e. The molecular weight excluding hydrogens is 274 g/mol. The monoisotopic (exact) mass is 293 g/mol. The minimum atomic E-state index is 0.353. The number of hydrogen-bond acceptors (Lipinski definition) is 3. The zero-order valence-electron chi connectivity index (χ0n) is 12.0. The topological polar surface area (TPSA) is 39.9 Å². The summed E-state index contributed by atoms with van der Waals surface area (Å²) < 4.78 is 7.79. The lowest BCUT2D eigenvalue weighted by molar-refractivity contribution is 0.106. The SMILES string of the molecule is COC1CCC(n2c(CCCl)nc3ccc(C)nc32)C1. The quantitative estimate of drug-likeness (QED) is 0.812. The Labute approximate surface area is 124 Å². The van der Waals surface area contributed by atoms with Crippen LogP contribution in [0.5, 0.6) is 0 Å². The van der Waals surface area contributed by atoms with Gasteiger partial charge in [0.15, 0.2) is 5.65 Å². The average molecular weight is 294 g/mol. The molecule has 0 amide bonds. The van der Waals surface area contributed by atoms with E-state index in [0.29, 0.717) is 18.0 Å². The Kier molecular flexibility index (Phi) is 3.94. The van der Waals surface area contributed by atoms with Gasteiger partial charge in [-0.1, -0.05) is 0 Å². The standard InChI is InChI=1S/C15H20ClN3O/c1-10-3-6-13-15(17-10)19(14(18-13)7-8-16)11-4-5-12(9-11)20-2/h3,6,11-12H,4-5,7-9H2,1-2H3. The van der Waals surface area contributed by atoms with Crippen LogP contribution >= 0.6 is 11.6 Å². The molecule has 4 nitrogen and oxygen atoms in total. The van der Waals surface area contributed by atoms with Gasteiger partial charge in [0.2, 0.25) is 0 Å². The predicted molar refractivity (Wildman–Crippen MR) is 80.4 cm³/mol. The zero-order valence-corrected chi connectivity index (χ0v) is 12.7. The fourth-order valence-corrected chi connectivity index (χ4v) is 3.29. The second-order valence-electron chi connectivity index (χ2n) is 5.46. The molecular formula is C15H20ClN3O. The Balaban J connectivity index is 2.06. The van der Waals surface area contributed by atoms with Crippen molar-refractivity contribution in [1.82, 2.24) is 14.5 Å². The van der Waals surface area contributed by atoms with E-state index in [1.807, 2.05) is 13.0 Å². The molecule has 2 heterocycles. The average Bonchev–Trinajstić information content (AvgIpc) is 3.02.